The van der Waals surface area contributed by atoms with Gasteiger partial charge in [-0.15, -0.1) is 0 Å². The van der Waals surface area contributed by atoms with Crippen molar-refractivity contribution in [3.05, 3.63) is 58.3 Å². The van der Waals surface area contributed by atoms with Crippen LogP contribution >= 0.6 is 27.3 Å². The zero-order chi connectivity index (χ0) is 19.5. The summed E-state index contributed by atoms with van der Waals surface area (Å²) in [6.45, 7) is 4.36. The first-order chi connectivity index (χ1) is 13.6. The maximum Gasteiger partial charge on any atom is 0.260 e. The fourth-order valence-electron chi connectivity index (χ4n) is 3.13. The van der Waals surface area contributed by atoms with Crippen molar-refractivity contribution < 1.29 is 13.9 Å². The van der Waals surface area contributed by atoms with E-state index in [0.717, 1.165) is 28.8 Å². The van der Waals surface area contributed by atoms with E-state index in [9.17, 15) is 9.18 Å². The molecule has 8 heteroatoms. The number of ether oxygens (including phenoxy) is 1. The van der Waals surface area contributed by atoms with Gasteiger partial charge < -0.3 is 4.74 Å². The summed E-state index contributed by atoms with van der Waals surface area (Å²) in [5.41, 5.74) is 1.28. The van der Waals surface area contributed by atoms with E-state index < -0.39 is 0 Å². The van der Waals surface area contributed by atoms with Gasteiger partial charge in [0, 0.05) is 36.2 Å². The summed E-state index contributed by atoms with van der Waals surface area (Å²) in [6, 6.07) is 11.8. The molecule has 2 aromatic carbocycles. The molecule has 1 saturated heterocycles. The number of rotatable bonds is 5. The molecule has 2 heterocycles. The van der Waals surface area contributed by atoms with Crippen LogP contribution in [0.15, 0.2) is 46.9 Å². The average Bonchev–Trinajstić information content (AvgIpc) is 3.11. The molecule has 0 radical (unpaired) electrons. The molecule has 0 saturated carbocycles. The molecule has 1 amide bonds. The van der Waals surface area contributed by atoms with Crippen LogP contribution < -0.4 is 4.90 Å². The van der Waals surface area contributed by atoms with Crippen molar-refractivity contribution in [2.75, 3.05) is 44.3 Å². The van der Waals surface area contributed by atoms with E-state index in [1.165, 1.54) is 23.5 Å². The van der Waals surface area contributed by atoms with Crippen LogP contribution in [0, 0.1) is 5.82 Å². The van der Waals surface area contributed by atoms with Gasteiger partial charge >= 0.3 is 0 Å². The van der Waals surface area contributed by atoms with E-state index in [-0.39, 0.29) is 11.7 Å². The Balaban J connectivity index is 1.63. The number of halogens is 2. The molecule has 5 nitrogen and oxygen atoms in total. The summed E-state index contributed by atoms with van der Waals surface area (Å²) in [5.74, 6) is -0.421. The fraction of sp³-hybridized carbons (Fsp3) is 0.300. The maximum absolute atomic E-state index is 13.6. The molecular formula is C20H19BrFN3O2S. The third kappa shape index (κ3) is 4.41. The molecule has 28 heavy (non-hydrogen) atoms. The van der Waals surface area contributed by atoms with Gasteiger partial charge in [0.15, 0.2) is 5.13 Å². The van der Waals surface area contributed by atoms with Gasteiger partial charge in [0.25, 0.3) is 5.91 Å². The second-order valence-electron chi connectivity index (χ2n) is 6.53. The van der Waals surface area contributed by atoms with Crippen molar-refractivity contribution in [1.29, 1.82) is 0 Å². The Kier molecular flexibility index (Phi) is 6.01. The van der Waals surface area contributed by atoms with Gasteiger partial charge in [-0.25, -0.2) is 9.37 Å². The molecule has 1 fully saturated rings. The van der Waals surface area contributed by atoms with Crippen LogP contribution in [0.5, 0.6) is 0 Å². The van der Waals surface area contributed by atoms with E-state index in [1.807, 2.05) is 12.1 Å². The number of fused-ring (bicyclic) bond motifs is 1. The number of hydrogen-bond donors (Lipinski definition) is 0. The minimum absolute atomic E-state index is 0.117. The normalized spacial score (nSPS) is 15.1. The number of carbonyl (C=O) groups excluding carboxylic acids is 1. The van der Waals surface area contributed by atoms with Gasteiger partial charge in [0.05, 0.1) is 23.4 Å². The summed E-state index contributed by atoms with van der Waals surface area (Å²) in [5, 5.41) is 0.582. The third-order valence-corrected chi connectivity index (χ3v) is 6.16. The first kappa shape index (κ1) is 19.4. The van der Waals surface area contributed by atoms with Gasteiger partial charge in [-0.05, 0) is 36.4 Å². The van der Waals surface area contributed by atoms with Crippen LogP contribution in [0.2, 0.25) is 0 Å². The molecule has 0 aliphatic carbocycles. The Morgan fingerprint density at radius 3 is 2.86 bits per heavy atom. The zero-order valence-corrected chi connectivity index (χ0v) is 17.5. The molecule has 4 rings (SSSR count). The quantitative estimate of drug-likeness (QED) is 0.569. The molecule has 3 aromatic rings. The number of benzene rings is 2. The molecule has 0 bridgehead atoms. The van der Waals surface area contributed by atoms with E-state index in [1.54, 1.807) is 23.1 Å². The third-order valence-electron chi connectivity index (χ3n) is 4.63. The van der Waals surface area contributed by atoms with Crippen LogP contribution in [-0.4, -0.2) is 55.2 Å². The summed E-state index contributed by atoms with van der Waals surface area (Å²) >= 11 is 4.76. The van der Waals surface area contributed by atoms with Crippen molar-refractivity contribution in [3.8, 4) is 0 Å². The smallest absolute Gasteiger partial charge is 0.260 e. The highest BCUT2D eigenvalue weighted by molar-refractivity contribution is 9.10. The van der Waals surface area contributed by atoms with Gasteiger partial charge in [0.1, 0.15) is 5.82 Å². The Morgan fingerprint density at radius 1 is 1.25 bits per heavy atom. The highest BCUT2D eigenvalue weighted by atomic mass is 79.9. The lowest BCUT2D eigenvalue weighted by molar-refractivity contribution is 0.0391. The first-order valence-corrected chi connectivity index (χ1v) is 10.6. The van der Waals surface area contributed by atoms with Crippen molar-refractivity contribution >= 4 is 48.5 Å². The van der Waals surface area contributed by atoms with Crippen molar-refractivity contribution in [2.45, 2.75) is 0 Å². The number of thiazole rings is 1. The summed E-state index contributed by atoms with van der Waals surface area (Å²) in [6.07, 6.45) is 0. The molecule has 0 unspecified atom stereocenters. The Labute approximate surface area is 174 Å². The van der Waals surface area contributed by atoms with E-state index in [0.29, 0.717) is 36.0 Å². The highest BCUT2D eigenvalue weighted by Gasteiger charge is 2.23. The van der Waals surface area contributed by atoms with E-state index in [2.05, 4.69) is 25.8 Å². The number of morpholine rings is 1. The van der Waals surface area contributed by atoms with Crippen LogP contribution in [0.25, 0.3) is 10.2 Å². The van der Waals surface area contributed by atoms with Crippen molar-refractivity contribution in [3.63, 3.8) is 0 Å². The van der Waals surface area contributed by atoms with Crippen LogP contribution in [0.3, 0.4) is 0 Å². The van der Waals surface area contributed by atoms with Gasteiger partial charge in [-0.1, -0.05) is 33.3 Å². The largest absolute Gasteiger partial charge is 0.379 e. The van der Waals surface area contributed by atoms with Crippen LogP contribution in [0.1, 0.15) is 10.4 Å². The second kappa shape index (κ2) is 8.65. The predicted octanol–water partition coefficient (Wildman–Crippen LogP) is 4.18. The lowest BCUT2D eigenvalue weighted by Crippen LogP contribution is -2.43. The molecule has 0 spiro atoms. The van der Waals surface area contributed by atoms with Crippen LogP contribution in [0.4, 0.5) is 9.52 Å². The minimum atomic E-state index is -0.305. The summed E-state index contributed by atoms with van der Waals surface area (Å²) in [4.78, 5) is 21.8. The highest BCUT2D eigenvalue weighted by Crippen LogP contribution is 2.30. The number of amides is 1. The Bertz CT molecular complexity index is 990. The van der Waals surface area contributed by atoms with Gasteiger partial charge in [-0.3, -0.25) is 14.6 Å². The van der Waals surface area contributed by atoms with Crippen LogP contribution in [-0.2, 0) is 4.74 Å². The Hall–Kier alpha value is -1.87. The number of anilines is 1. The molecule has 146 valence electrons. The summed E-state index contributed by atoms with van der Waals surface area (Å²) < 4.78 is 20.6. The molecule has 1 aromatic heterocycles. The number of nitrogens with zero attached hydrogens (tertiary/aromatic N) is 3. The second-order valence-corrected chi connectivity index (χ2v) is 8.45. The number of carbonyl (C=O) groups is 1. The van der Waals surface area contributed by atoms with Gasteiger partial charge in [0.2, 0.25) is 0 Å². The first-order valence-electron chi connectivity index (χ1n) is 9.04. The monoisotopic (exact) mass is 463 g/mol. The summed E-state index contributed by atoms with van der Waals surface area (Å²) in [7, 11) is 0. The Morgan fingerprint density at radius 2 is 2.07 bits per heavy atom. The average molecular weight is 464 g/mol. The SMILES string of the molecule is O=C(c1cccc(Br)c1)N(CCN1CCOCC1)c1nc2ccc(F)cc2s1. The fourth-order valence-corrected chi connectivity index (χ4v) is 4.54. The van der Waals surface area contributed by atoms with Crippen molar-refractivity contribution in [1.82, 2.24) is 9.88 Å². The lowest BCUT2D eigenvalue weighted by Gasteiger charge is -2.29. The molecule has 0 atom stereocenters. The standard InChI is InChI=1S/C20H19BrFN3O2S/c21-15-3-1-2-14(12-15)19(26)25(7-6-24-8-10-27-11-9-24)20-23-17-5-4-16(22)13-18(17)28-20/h1-5,12-13H,6-11H2. The lowest BCUT2D eigenvalue weighted by atomic mass is 10.2. The van der Waals surface area contributed by atoms with E-state index in [4.69, 9.17) is 4.74 Å². The molecular weight excluding hydrogens is 445 g/mol. The molecule has 1 aliphatic heterocycles. The molecule has 0 N–H and O–H groups in total. The van der Waals surface area contributed by atoms with Crippen molar-refractivity contribution in [2.24, 2.45) is 0 Å². The zero-order valence-electron chi connectivity index (χ0n) is 15.1. The van der Waals surface area contributed by atoms with Gasteiger partial charge in [-0.2, -0.15) is 0 Å². The van der Waals surface area contributed by atoms with E-state index >= 15 is 0 Å². The predicted molar refractivity (Wildman–Crippen MR) is 113 cm³/mol. The number of hydrogen-bond acceptors (Lipinski definition) is 5. The molecule has 1 aliphatic rings. The number of aromatic nitrogens is 1. The maximum atomic E-state index is 13.6. The topological polar surface area (TPSA) is 45.7 Å². The minimum Gasteiger partial charge on any atom is -0.379 e.